The van der Waals surface area contributed by atoms with Crippen LogP contribution in [0.3, 0.4) is 0 Å². The number of carbonyl (C=O) groups is 1. The monoisotopic (exact) mass is 342 g/mol. The Bertz CT molecular complexity index is 728. The Morgan fingerprint density at radius 1 is 1.28 bits per heavy atom. The van der Waals surface area contributed by atoms with Crippen molar-refractivity contribution in [2.75, 3.05) is 5.84 Å². The molecule has 2 heterocycles. The summed E-state index contributed by atoms with van der Waals surface area (Å²) in [6.45, 7) is 6.85. The standard InChI is InChI=1S/C20H26N2O3/c1-4-18-14(2)20(3,24-13-15-8-6-5-7-9-15)19(25-18)17-11-10-16(12-23)22(17)21/h5-12,14,18-19H,4,13,21H2,1-3H3/t14-,18-,19?,20-/m1/s1. The van der Waals surface area contributed by atoms with Crippen LogP contribution in [0.4, 0.5) is 0 Å². The van der Waals surface area contributed by atoms with E-state index >= 15 is 0 Å². The van der Waals surface area contributed by atoms with Crippen molar-refractivity contribution in [2.45, 2.75) is 51.6 Å². The van der Waals surface area contributed by atoms with Gasteiger partial charge in [-0.1, -0.05) is 44.2 Å². The Kier molecular flexibility index (Phi) is 4.97. The van der Waals surface area contributed by atoms with Gasteiger partial charge in [-0.15, -0.1) is 0 Å². The average molecular weight is 342 g/mol. The molecule has 4 atom stereocenters. The number of aldehydes is 1. The van der Waals surface area contributed by atoms with E-state index in [0.29, 0.717) is 12.3 Å². The molecule has 25 heavy (non-hydrogen) atoms. The highest BCUT2D eigenvalue weighted by molar-refractivity contribution is 5.72. The average Bonchev–Trinajstić information content (AvgIpc) is 3.12. The molecule has 1 fully saturated rings. The minimum absolute atomic E-state index is 0.0837. The van der Waals surface area contributed by atoms with Gasteiger partial charge in [0.1, 0.15) is 17.4 Å². The molecule has 2 N–H and O–H groups in total. The highest BCUT2D eigenvalue weighted by Crippen LogP contribution is 2.48. The smallest absolute Gasteiger partial charge is 0.168 e. The van der Waals surface area contributed by atoms with Crippen molar-refractivity contribution in [3.63, 3.8) is 0 Å². The number of ether oxygens (including phenoxy) is 2. The summed E-state index contributed by atoms with van der Waals surface area (Å²) in [7, 11) is 0. The predicted molar refractivity (Wildman–Crippen MR) is 96.7 cm³/mol. The number of nitrogens with zero attached hydrogens (tertiary/aromatic N) is 1. The molecule has 1 saturated heterocycles. The first-order valence-corrected chi connectivity index (χ1v) is 8.76. The molecule has 1 aliphatic heterocycles. The van der Waals surface area contributed by atoms with Crippen LogP contribution in [0.25, 0.3) is 0 Å². The molecule has 5 heteroatoms. The number of nitrogen functional groups attached to an aromatic ring is 1. The van der Waals surface area contributed by atoms with E-state index in [9.17, 15) is 4.79 Å². The van der Waals surface area contributed by atoms with Gasteiger partial charge in [-0.2, -0.15) is 0 Å². The van der Waals surface area contributed by atoms with Crippen LogP contribution in [0.15, 0.2) is 42.5 Å². The highest BCUT2D eigenvalue weighted by atomic mass is 16.6. The summed E-state index contributed by atoms with van der Waals surface area (Å²) in [5.74, 6) is 6.30. The molecule has 1 aromatic carbocycles. The van der Waals surface area contributed by atoms with Crippen molar-refractivity contribution in [2.24, 2.45) is 5.92 Å². The van der Waals surface area contributed by atoms with Gasteiger partial charge in [0.2, 0.25) is 0 Å². The lowest BCUT2D eigenvalue weighted by Gasteiger charge is -2.34. The summed E-state index contributed by atoms with van der Waals surface area (Å²) in [5, 5.41) is 0. The number of benzene rings is 1. The summed E-state index contributed by atoms with van der Waals surface area (Å²) in [6, 6.07) is 13.7. The van der Waals surface area contributed by atoms with Gasteiger partial charge in [0, 0.05) is 5.92 Å². The molecular weight excluding hydrogens is 316 g/mol. The Morgan fingerprint density at radius 2 is 2.00 bits per heavy atom. The van der Waals surface area contributed by atoms with Crippen LogP contribution in [-0.4, -0.2) is 22.7 Å². The van der Waals surface area contributed by atoms with Crippen molar-refractivity contribution in [1.82, 2.24) is 4.68 Å². The molecule has 1 aliphatic rings. The molecule has 1 unspecified atom stereocenters. The zero-order valence-electron chi connectivity index (χ0n) is 15.0. The van der Waals surface area contributed by atoms with E-state index in [2.05, 4.69) is 20.8 Å². The fourth-order valence-electron chi connectivity index (χ4n) is 3.66. The van der Waals surface area contributed by atoms with E-state index in [1.54, 1.807) is 6.07 Å². The SMILES string of the molecule is CC[C@H]1OC(c2ccc(C=O)n2N)[C@](C)(OCc2ccccc2)[C@@H]1C. The van der Waals surface area contributed by atoms with Crippen LogP contribution in [0.2, 0.25) is 0 Å². The first kappa shape index (κ1) is 17.7. The van der Waals surface area contributed by atoms with Crippen LogP contribution in [0.5, 0.6) is 0 Å². The minimum atomic E-state index is -0.536. The molecule has 0 spiro atoms. The van der Waals surface area contributed by atoms with Crippen LogP contribution in [0.1, 0.15) is 55.0 Å². The largest absolute Gasteiger partial charge is 0.367 e. The lowest BCUT2D eigenvalue weighted by Crippen LogP contribution is -2.40. The van der Waals surface area contributed by atoms with Gasteiger partial charge in [0.05, 0.1) is 18.4 Å². The first-order chi connectivity index (χ1) is 12.0. The summed E-state index contributed by atoms with van der Waals surface area (Å²) in [5.41, 5.74) is 1.77. The molecule has 134 valence electrons. The Hall–Kier alpha value is -2.11. The van der Waals surface area contributed by atoms with Crippen molar-refractivity contribution in [3.8, 4) is 0 Å². The summed E-state index contributed by atoms with van der Waals surface area (Å²) >= 11 is 0. The molecule has 0 radical (unpaired) electrons. The number of carbonyl (C=O) groups excluding carboxylic acids is 1. The van der Waals surface area contributed by atoms with E-state index in [1.807, 2.05) is 36.4 Å². The normalized spacial score (nSPS) is 29.0. The Morgan fingerprint density at radius 3 is 2.60 bits per heavy atom. The van der Waals surface area contributed by atoms with Crippen LogP contribution in [-0.2, 0) is 16.1 Å². The molecule has 5 nitrogen and oxygen atoms in total. The van der Waals surface area contributed by atoms with Crippen molar-refractivity contribution >= 4 is 6.29 Å². The van der Waals surface area contributed by atoms with Gasteiger partial charge in [-0.3, -0.25) is 9.47 Å². The lowest BCUT2D eigenvalue weighted by atomic mass is 9.83. The third kappa shape index (κ3) is 3.10. The maximum absolute atomic E-state index is 11.1. The number of rotatable bonds is 6. The topological polar surface area (TPSA) is 66.5 Å². The van der Waals surface area contributed by atoms with Gasteiger partial charge < -0.3 is 15.3 Å². The number of hydrogen-bond donors (Lipinski definition) is 1. The van der Waals surface area contributed by atoms with E-state index in [0.717, 1.165) is 24.0 Å². The van der Waals surface area contributed by atoms with Crippen LogP contribution in [0, 0.1) is 5.92 Å². The van der Waals surface area contributed by atoms with Gasteiger partial charge in [0.15, 0.2) is 6.29 Å². The summed E-state index contributed by atoms with van der Waals surface area (Å²) in [6.07, 6.45) is 1.41. The minimum Gasteiger partial charge on any atom is -0.367 e. The number of nitrogens with two attached hydrogens (primary N) is 1. The van der Waals surface area contributed by atoms with Gasteiger partial charge >= 0.3 is 0 Å². The molecule has 0 bridgehead atoms. The van der Waals surface area contributed by atoms with E-state index < -0.39 is 5.60 Å². The van der Waals surface area contributed by atoms with E-state index in [-0.39, 0.29) is 18.1 Å². The van der Waals surface area contributed by atoms with Gasteiger partial charge in [-0.05, 0) is 31.0 Å². The first-order valence-electron chi connectivity index (χ1n) is 8.76. The zero-order valence-corrected chi connectivity index (χ0v) is 15.0. The van der Waals surface area contributed by atoms with E-state index in [4.69, 9.17) is 15.3 Å². The van der Waals surface area contributed by atoms with Crippen molar-refractivity contribution < 1.29 is 14.3 Å². The molecule has 0 aliphatic carbocycles. The maximum atomic E-state index is 11.1. The second-order valence-electron chi connectivity index (χ2n) is 6.88. The number of hydrogen-bond acceptors (Lipinski definition) is 4. The second kappa shape index (κ2) is 7.02. The van der Waals surface area contributed by atoms with E-state index in [1.165, 1.54) is 4.68 Å². The third-order valence-corrected chi connectivity index (χ3v) is 5.46. The second-order valence-corrected chi connectivity index (χ2v) is 6.88. The quantitative estimate of drug-likeness (QED) is 0.645. The predicted octanol–water partition coefficient (Wildman–Crippen LogP) is 3.48. The number of aromatic nitrogens is 1. The summed E-state index contributed by atoms with van der Waals surface area (Å²) < 4.78 is 14.1. The van der Waals surface area contributed by atoms with Gasteiger partial charge in [-0.25, -0.2) is 0 Å². The third-order valence-electron chi connectivity index (χ3n) is 5.46. The lowest BCUT2D eigenvalue weighted by molar-refractivity contribution is -0.107. The molecule has 0 saturated carbocycles. The molecule has 1 aromatic heterocycles. The van der Waals surface area contributed by atoms with Crippen molar-refractivity contribution in [1.29, 1.82) is 0 Å². The molecular formula is C20H26N2O3. The van der Waals surface area contributed by atoms with Crippen molar-refractivity contribution in [3.05, 3.63) is 59.4 Å². The highest BCUT2D eigenvalue weighted by Gasteiger charge is 2.53. The summed E-state index contributed by atoms with van der Waals surface area (Å²) in [4.78, 5) is 11.1. The van der Waals surface area contributed by atoms with Crippen LogP contribution < -0.4 is 5.84 Å². The Labute approximate surface area is 148 Å². The fraction of sp³-hybridized carbons (Fsp3) is 0.450. The molecule has 0 amide bonds. The maximum Gasteiger partial charge on any atom is 0.168 e. The van der Waals surface area contributed by atoms with Gasteiger partial charge in [0.25, 0.3) is 0 Å². The Balaban J connectivity index is 1.91. The van der Waals surface area contributed by atoms with Crippen LogP contribution >= 0.6 is 0 Å². The fourth-order valence-corrected chi connectivity index (χ4v) is 3.66. The molecule has 3 rings (SSSR count). The molecule has 2 aromatic rings. The zero-order chi connectivity index (χ0) is 18.0.